The molecule has 1 aromatic heterocycles. The van der Waals surface area contributed by atoms with Crippen molar-refractivity contribution in [1.29, 1.82) is 0 Å². The van der Waals surface area contributed by atoms with Gasteiger partial charge in [-0.1, -0.05) is 29.3 Å². The Hall–Kier alpha value is -3.28. The molecule has 0 bridgehead atoms. The van der Waals surface area contributed by atoms with Crippen molar-refractivity contribution in [3.8, 4) is 0 Å². The Morgan fingerprint density at radius 2 is 1.62 bits per heavy atom. The zero-order chi connectivity index (χ0) is 21.0. The van der Waals surface area contributed by atoms with E-state index in [2.05, 4.69) is 25.5 Å². The monoisotopic (exact) mass is 434 g/mol. The van der Waals surface area contributed by atoms with Gasteiger partial charge in [-0.2, -0.15) is 0 Å². The maximum Gasteiger partial charge on any atom is 0.354 e. The fourth-order valence-electron chi connectivity index (χ4n) is 2.30. The van der Waals surface area contributed by atoms with E-state index in [-0.39, 0.29) is 16.5 Å². The molecule has 0 aliphatic carbocycles. The summed E-state index contributed by atoms with van der Waals surface area (Å²) in [6.07, 6.45) is 1.06. The molecule has 0 fully saturated rings. The van der Waals surface area contributed by atoms with Crippen LogP contribution in [0.2, 0.25) is 5.02 Å². The topological polar surface area (TPSA) is 139 Å². The summed E-state index contributed by atoms with van der Waals surface area (Å²) < 4.78 is 24.8. The summed E-state index contributed by atoms with van der Waals surface area (Å²) in [6, 6.07) is 12.5. The van der Waals surface area contributed by atoms with E-state index in [0.717, 1.165) is 11.9 Å². The second-order valence-electron chi connectivity index (χ2n) is 5.85. The molecular weight excluding hydrogens is 420 g/mol. The van der Waals surface area contributed by atoms with Gasteiger partial charge in [-0.25, -0.2) is 18.4 Å². The molecule has 0 aliphatic rings. The number of rotatable bonds is 7. The maximum atomic E-state index is 12.4. The number of sulfonamides is 1. The van der Waals surface area contributed by atoms with E-state index in [4.69, 9.17) is 11.6 Å². The number of hydrazine groups is 1. The number of hydrogen-bond acceptors (Lipinski definition) is 8. The third-order valence-electron chi connectivity index (χ3n) is 3.75. The minimum absolute atomic E-state index is 0.00757. The molecule has 0 saturated heterocycles. The molecule has 12 heteroatoms. The van der Waals surface area contributed by atoms with Crippen molar-refractivity contribution >= 4 is 44.6 Å². The number of nitro groups is 1. The molecule has 10 nitrogen and oxygen atoms in total. The SMILES string of the molecule is Cc1ccc(S(=O)(=O)NNc2ncnc(Nc3ccc(Cl)cc3)c2[N+](=O)[O-])cc1. The van der Waals surface area contributed by atoms with Gasteiger partial charge < -0.3 is 5.32 Å². The van der Waals surface area contributed by atoms with Crippen molar-refractivity contribution in [2.45, 2.75) is 11.8 Å². The molecule has 0 atom stereocenters. The quantitative estimate of drug-likeness (QED) is 0.379. The Balaban J connectivity index is 1.86. The van der Waals surface area contributed by atoms with E-state index in [1.165, 1.54) is 12.1 Å². The van der Waals surface area contributed by atoms with Crippen LogP contribution >= 0.6 is 11.6 Å². The molecule has 0 amide bonds. The smallest absolute Gasteiger partial charge is 0.334 e. The summed E-state index contributed by atoms with van der Waals surface area (Å²) in [4.78, 5) is 20.6. The van der Waals surface area contributed by atoms with Crippen molar-refractivity contribution < 1.29 is 13.3 Å². The third-order valence-corrected chi connectivity index (χ3v) is 5.26. The van der Waals surface area contributed by atoms with Crippen LogP contribution in [0.1, 0.15) is 5.56 Å². The van der Waals surface area contributed by atoms with Gasteiger partial charge in [0.15, 0.2) is 0 Å². The van der Waals surface area contributed by atoms with Crippen molar-refractivity contribution in [3.63, 3.8) is 0 Å². The first kappa shape index (κ1) is 20.5. The maximum absolute atomic E-state index is 12.4. The van der Waals surface area contributed by atoms with Crippen molar-refractivity contribution in [3.05, 3.63) is 75.6 Å². The summed E-state index contributed by atoms with van der Waals surface area (Å²) in [7, 11) is -3.97. The molecule has 3 aromatic rings. The third kappa shape index (κ3) is 4.96. The lowest BCUT2D eigenvalue weighted by atomic mass is 10.2. The van der Waals surface area contributed by atoms with Gasteiger partial charge in [0.1, 0.15) is 6.33 Å². The van der Waals surface area contributed by atoms with Crippen LogP contribution in [0.4, 0.5) is 23.0 Å². The van der Waals surface area contributed by atoms with Crippen LogP contribution in [0.3, 0.4) is 0 Å². The predicted octanol–water partition coefficient (Wildman–Crippen LogP) is 3.40. The molecule has 3 N–H and O–H groups in total. The van der Waals surface area contributed by atoms with Crippen LogP contribution in [-0.2, 0) is 10.0 Å². The molecule has 29 heavy (non-hydrogen) atoms. The van der Waals surface area contributed by atoms with Gasteiger partial charge in [0.05, 0.1) is 9.82 Å². The zero-order valence-electron chi connectivity index (χ0n) is 15.0. The van der Waals surface area contributed by atoms with Crippen LogP contribution in [0.5, 0.6) is 0 Å². The normalized spacial score (nSPS) is 11.1. The first-order valence-corrected chi connectivity index (χ1v) is 9.99. The van der Waals surface area contributed by atoms with Crippen LogP contribution in [0, 0.1) is 17.0 Å². The fraction of sp³-hybridized carbons (Fsp3) is 0.0588. The lowest BCUT2D eigenvalue weighted by molar-refractivity contribution is -0.383. The van der Waals surface area contributed by atoms with E-state index in [0.29, 0.717) is 10.7 Å². The highest BCUT2D eigenvalue weighted by Gasteiger charge is 2.24. The predicted molar refractivity (Wildman–Crippen MR) is 109 cm³/mol. The second kappa shape index (κ2) is 8.39. The number of nitrogens with zero attached hydrogens (tertiary/aromatic N) is 3. The van der Waals surface area contributed by atoms with E-state index in [1.54, 1.807) is 36.4 Å². The Morgan fingerprint density at radius 1 is 1.00 bits per heavy atom. The molecule has 1 heterocycles. The van der Waals surface area contributed by atoms with Crippen molar-refractivity contribution in [1.82, 2.24) is 14.8 Å². The van der Waals surface area contributed by atoms with Crippen LogP contribution < -0.4 is 15.6 Å². The number of anilines is 3. The number of hydrogen-bond donors (Lipinski definition) is 3. The summed E-state index contributed by atoms with van der Waals surface area (Å²) in [5.41, 5.74) is 3.15. The number of nitrogens with one attached hydrogen (secondary N) is 3. The Morgan fingerprint density at radius 3 is 2.24 bits per heavy atom. The van der Waals surface area contributed by atoms with Gasteiger partial charge in [0.2, 0.25) is 11.6 Å². The van der Waals surface area contributed by atoms with E-state index >= 15 is 0 Å². The van der Waals surface area contributed by atoms with E-state index < -0.39 is 20.6 Å². The van der Waals surface area contributed by atoms with Gasteiger partial charge in [0, 0.05) is 10.7 Å². The first-order valence-electron chi connectivity index (χ1n) is 8.13. The summed E-state index contributed by atoms with van der Waals surface area (Å²) in [5.74, 6) is -0.443. The molecule has 2 aromatic carbocycles. The Labute approximate surface area is 171 Å². The average molecular weight is 435 g/mol. The summed E-state index contributed by atoms with van der Waals surface area (Å²) >= 11 is 5.83. The van der Waals surface area contributed by atoms with E-state index in [1.807, 2.05) is 6.92 Å². The van der Waals surface area contributed by atoms with Crippen molar-refractivity contribution in [2.24, 2.45) is 0 Å². The molecule has 150 valence electrons. The lowest BCUT2D eigenvalue weighted by Crippen LogP contribution is -2.30. The van der Waals surface area contributed by atoms with Gasteiger partial charge in [-0.15, -0.1) is 4.83 Å². The molecule has 0 unspecified atom stereocenters. The minimum atomic E-state index is -3.97. The van der Waals surface area contributed by atoms with Gasteiger partial charge in [-0.05, 0) is 43.3 Å². The van der Waals surface area contributed by atoms with Crippen LogP contribution in [0.25, 0.3) is 0 Å². The first-order chi connectivity index (χ1) is 13.8. The highest BCUT2D eigenvalue weighted by molar-refractivity contribution is 7.89. The van der Waals surface area contributed by atoms with Crippen LogP contribution in [-0.4, -0.2) is 23.3 Å². The average Bonchev–Trinajstić information content (AvgIpc) is 2.68. The zero-order valence-corrected chi connectivity index (χ0v) is 16.5. The Bertz CT molecular complexity index is 1140. The molecule has 3 rings (SSSR count). The largest absolute Gasteiger partial charge is 0.354 e. The highest BCUT2D eigenvalue weighted by atomic mass is 35.5. The standard InChI is InChI=1S/C17H15ClN6O4S/c1-11-2-8-14(9-3-11)29(27,28)23-22-17-15(24(25)26)16(19-10-20-17)21-13-6-4-12(18)5-7-13/h2-10,23H,1H3,(H2,19,20,21,22). The minimum Gasteiger partial charge on any atom is -0.334 e. The van der Waals surface area contributed by atoms with Crippen LogP contribution in [0.15, 0.2) is 59.8 Å². The molecule has 0 radical (unpaired) electrons. The second-order valence-corrected chi connectivity index (χ2v) is 7.97. The molecule has 0 aliphatic heterocycles. The molecule has 0 spiro atoms. The molecule has 0 saturated carbocycles. The lowest BCUT2D eigenvalue weighted by Gasteiger charge is -2.11. The van der Waals surface area contributed by atoms with Gasteiger partial charge in [0.25, 0.3) is 10.0 Å². The number of aryl methyl sites for hydroxylation is 1. The highest BCUT2D eigenvalue weighted by Crippen LogP contribution is 2.31. The molecular formula is C17H15ClN6O4S. The van der Waals surface area contributed by atoms with Gasteiger partial charge >= 0.3 is 5.69 Å². The van der Waals surface area contributed by atoms with Gasteiger partial charge in [-0.3, -0.25) is 15.5 Å². The van der Waals surface area contributed by atoms with E-state index in [9.17, 15) is 18.5 Å². The summed E-state index contributed by atoms with van der Waals surface area (Å²) in [6.45, 7) is 1.82. The fourth-order valence-corrected chi connectivity index (χ4v) is 3.27. The number of benzene rings is 2. The van der Waals surface area contributed by atoms with Crippen molar-refractivity contribution in [2.75, 3.05) is 10.7 Å². The Kier molecular flexibility index (Phi) is 5.92. The summed E-state index contributed by atoms with van der Waals surface area (Å²) in [5, 5.41) is 14.9. The number of halogens is 1. The number of aromatic nitrogens is 2.